The van der Waals surface area contributed by atoms with Gasteiger partial charge in [-0.25, -0.2) is 0 Å². The van der Waals surface area contributed by atoms with Crippen LogP contribution in [-0.4, -0.2) is 28.6 Å². The van der Waals surface area contributed by atoms with Gasteiger partial charge in [-0.3, -0.25) is 4.90 Å². The van der Waals surface area contributed by atoms with Crippen LogP contribution in [0.2, 0.25) is 0 Å². The fourth-order valence-electron chi connectivity index (χ4n) is 9.04. The molecule has 1 N–H and O–H groups in total. The van der Waals surface area contributed by atoms with Crippen LogP contribution < -0.4 is 0 Å². The highest BCUT2D eigenvalue weighted by Crippen LogP contribution is 2.65. The molecule has 0 amide bonds. The molecule has 1 aromatic rings. The average Bonchev–Trinajstić information content (AvgIpc) is 3.28. The van der Waals surface area contributed by atoms with E-state index in [-0.39, 0.29) is 18.3 Å². The summed E-state index contributed by atoms with van der Waals surface area (Å²) in [4.78, 5) is 2.44. The van der Waals surface area contributed by atoms with Gasteiger partial charge in [-0.1, -0.05) is 12.1 Å². The second kappa shape index (κ2) is 7.36. The van der Waals surface area contributed by atoms with E-state index < -0.39 is 22.9 Å². The second-order valence-corrected chi connectivity index (χ2v) is 11.0. The highest BCUT2D eigenvalue weighted by Gasteiger charge is 2.66. The lowest BCUT2D eigenvalue weighted by Crippen LogP contribution is -2.65. The standard InChI is InChI=1S/C25H32F3NO.ClH/c26-25(27,28)21-5-1-4-20(15-21)24(30,23-6-2-8-29(23)9-3-7-23)22-18-11-16-10-17(13-18)14-19(22)12-16;/h1,4-5,15-19,22,30H,2-3,6-14H2;1H. The number of nitrogens with zero attached hydrogens (tertiary/aromatic N) is 1. The molecule has 2 aliphatic heterocycles. The highest BCUT2D eigenvalue weighted by molar-refractivity contribution is 5.85. The summed E-state index contributed by atoms with van der Waals surface area (Å²) in [6.45, 7) is 1.93. The second-order valence-electron chi connectivity index (χ2n) is 11.0. The van der Waals surface area contributed by atoms with E-state index >= 15 is 0 Å². The van der Waals surface area contributed by atoms with Gasteiger partial charge in [-0.2, -0.15) is 13.2 Å². The third kappa shape index (κ3) is 3.05. The first kappa shape index (κ1) is 22.0. The molecule has 4 aliphatic carbocycles. The minimum absolute atomic E-state index is 0. The summed E-state index contributed by atoms with van der Waals surface area (Å²) in [5.41, 5.74) is -1.68. The third-order valence-corrected chi connectivity index (χ3v) is 9.69. The van der Waals surface area contributed by atoms with Crippen molar-refractivity contribution in [3.8, 4) is 0 Å². The maximum atomic E-state index is 13.6. The van der Waals surface area contributed by atoms with Gasteiger partial charge in [-0.05, 0) is 118 Å². The van der Waals surface area contributed by atoms with Crippen LogP contribution >= 0.6 is 12.4 Å². The molecule has 6 aliphatic rings. The zero-order valence-electron chi connectivity index (χ0n) is 17.9. The first-order valence-corrected chi connectivity index (χ1v) is 12.0. The van der Waals surface area contributed by atoms with Crippen molar-refractivity contribution in [3.63, 3.8) is 0 Å². The smallest absolute Gasteiger partial charge is 0.383 e. The third-order valence-electron chi connectivity index (χ3n) is 9.69. The lowest BCUT2D eigenvalue weighted by Gasteiger charge is -2.62. The van der Waals surface area contributed by atoms with Crippen LogP contribution in [0.5, 0.6) is 0 Å². The van der Waals surface area contributed by atoms with E-state index in [2.05, 4.69) is 4.90 Å². The maximum Gasteiger partial charge on any atom is 0.416 e. The molecule has 6 fully saturated rings. The molecule has 172 valence electrons. The molecule has 31 heavy (non-hydrogen) atoms. The van der Waals surface area contributed by atoms with Gasteiger partial charge >= 0.3 is 6.18 Å². The number of hydrogen-bond acceptors (Lipinski definition) is 2. The summed E-state index contributed by atoms with van der Waals surface area (Å²) in [5, 5.41) is 12.9. The van der Waals surface area contributed by atoms with Crippen molar-refractivity contribution in [2.24, 2.45) is 29.6 Å². The molecule has 4 saturated carbocycles. The van der Waals surface area contributed by atoms with E-state index in [0.717, 1.165) is 82.4 Å². The predicted octanol–water partition coefficient (Wildman–Crippen LogP) is 6.02. The Morgan fingerprint density at radius 3 is 1.97 bits per heavy atom. The first-order chi connectivity index (χ1) is 14.3. The summed E-state index contributed by atoms with van der Waals surface area (Å²) >= 11 is 0. The van der Waals surface area contributed by atoms with Gasteiger partial charge in [0.15, 0.2) is 0 Å². The van der Waals surface area contributed by atoms with Crippen molar-refractivity contribution < 1.29 is 18.3 Å². The normalized spacial score (nSPS) is 38.0. The van der Waals surface area contributed by atoms with Crippen LogP contribution in [0.4, 0.5) is 13.2 Å². The summed E-state index contributed by atoms with van der Waals surface area (Å²) in [6, 6.07) is 5.75. The zero-order chi connectivity index (χ0) is 20.7. The molecule has 2 heterocycles. The Morgan fingerprint density at radius 2 is 1.42 bits per heavy atom. The van der Waals surface area contributed by atoms with Crippen LogP contribution in [-0.2, 0) is 11.8 Å². The van der Waals surface area contributed by atoms with Crippen LogP contribution in [0, 0.1) is 29.6 Å². The SMILES string of the molecule is Cl.OC(c1cccc(C(F)(F)F)c1)(C1C2CC3CC(C2)CC1C3)C12CCCN1CCC2. The summed E-state index contributed by atoms with van der Waals surface area (Å²) < 4.78 is 40.9. The lowest BCUT2D eigenvalue weighted by molar-refractivity contribution is -0.202. The Balaban J connectivity index is 0.00000204. The minimum atomic E-state index is -4.39. The molecular formula is C25H33ClF3NO. The molecule has 1 aromatic carbocycles. The Labute approximate surface area is 189 Å². The number of alkyl halides is 3. The minimum Gasteiger partial charge on any atom is -0.383 e. The number of benzene rings is 1. The number of hydrogen-bond donors (Lipinski definition) is 1. The van der Waals surface area contributed by atoms with Crippen LogP contribution in [0.3, 0.4) is 0 Å². The van der Waals surface area contributed by atoms with Crippen molar-refractivity contribution in [2.45, 2.75) is 75.1 Å². The van der Waals surface area contributed by atoms with E-state index in [1.165, 1.54) is 18.6 Å². The molecule has 4 bridgehead atoms. The number of fused-ring (bicyclic) bond motifs is 1. The van der Waals surface area contributed by atoms with Crippen LogP contribution in [0.1, 0.15) is 68.9 Å². The van der Waals surface area contributed by atoms with Gasteiger partial charge in [0.1, 0.15) is 5.60 Å². The maximum absolute atomic E-state index is 13.6. The molecule has 0 aromatic heterocycles. The van der Waals surface area contributed by atoms with Gasteiger partial charge in [0.2, 0.25) is 0 Å². The summed E-state index contributed by atoms with van der Waals surface area (Å²) in [7, 11) is 0. The number of aliphatic hydroxyl groups is 1. The van der Waals surface area contributed by atoms with E-state index in [4.69, 9.17) is 0 Å². The molecule has 2 nitrogen and oxygen atoms in total. The Hall–Kier alpha value is -0.780. The molecule has 0 radical (unpaired) electrons. The van der Waals surface area contributed by atoms with Gasteiger partial charge in [0.25, 0.3) is 0 Å². The molecule has 1 atom stereocenters. The van der Waals surface area contributed by atoms with Gasteiger partial charge < -0.3 is 5.11 Å². The van der Waals surface area contributed by atoms with E-state index in [9.17, 15) is 18.3 Å². The lowest BCUT2D eigenvalue weighted by atomic mass is 9.45. The van der Waals surface area contributed by atoms with E-state index in [1.807, 2.05) is 0 Å². The molecule has 0 spiro atoms. The van der Waals surface area contributed by atoms with Crippen molar-refractivity contribution in [3.05, 3.63) is 35.4 Å². The predicted molar refractivity (Wildman–Crippen MR) is 116 cm³/mol. The Kier molecular flexibility index (Phi) is 5.23. The van der Waals surface area contributed by atoms with Gasteiger partial charge in [0.05, 0.1) is 11.1 Å². The molecular weight excluding hydrogens is 423 g/mol. The van der Waals surface area contributed by atoms with Gasteiger partial charge in [0, 0.05) is 0 Å². The van der Waals surface area contributed by atoms with Crippen molar-refractivity contribution in [1.29, 1.82) is 0 Å². The van der Waals surface area contributed by atoms with Gasteiger partial charge in [-0.15, -0.1) is 12.4 Å². The molecule has 1 unspecified atom stereocenters. The first-order valence-electron chi connectivity index (χ1n) is 12.0. The molecule has 7 rings (SSSR count). The van der Waals surface area contributed by atoms with Crippen LogP contribution in [0.25, 0.3) is 0 Å². The fourth-order valence-corrected chi connectivity index (χ4v) is 9.04. The van der Waals surface area contributed by atoms with Crippen molar-refractivity contribution >= 4 is 12.4 Å². The van der Waals surface area contributed by atoms with Crippen LogP contribution in [0.15, 0.2) is 24.3 Å². The quantitative estimate of drug-likeness (QED) is 0.602. The Morgan fingerprint density at radius 1 is 0.871 bits per heavy atom. The fraction of sp³-hybridized carbons (Fsp3) is 0.760. The number of rotatable bonds is 3. The van der Waals surface area contributed by atoms with Crippen molar-refractivity contribution in [1.82, 2.24) is 4.90 Å². The molecule has 2 saturated heterocycles. The average molecular weight is 456 g/mol. The monoisotopic (exact) mass is 455 g/mol. The number of halogens is 4. The van der Waals surface area contributed by atoms with E-state index in [0.29, 0.717) is 17.4 Å². The Bertz CT molecular complexity index is 804. The summed E-state index contributed by atoms with van der Waals surface area (Å²) in [5.74, 6) is 2.55. The molecule has 6 heteroatoms. The van der Waals surface area contributed by atoms with E-state index in [1.54, 1.807) is 6.07 Å². The zero-order valence-corrected chi connectivity index (χ0v) is 18.7. The largest absolute Gasteiger partial charge is 0.416 e. The topological polar surface area (TPSA) is 23.5 Å². The summed E-state index contributed by atoms with van der Waals surface area (Å²) in [6.07, 6.45) is 5.48. The van der Waals surface area contributed by atoms with Crippen molar-refractivity contribution in [2.75, 3.05) is 13.1 Å². The highest BCUT2D eigenvalue weighted by atomic mass is 35.5.